The van der Waals surface area contributed by atoms with Crippen molar-refractivity contribution < 1.29 is 0 Å². The Balaban J connectivity index is 2.39. The highest BCUT2D eigenvalue weighted by Gasteiger charge is 2.14. The molecule has 0 saturated heterocycles. The molecule has 4 nitrogen and oxygen atoms in total. The van der Waals surface area contributed by atoms with Crippen molar-refractivity contribution in [3.05, 3.63) is 24.2 Å². The third-order valence-corrected chi connectivity index (χ3v) is 2.10. The molecule has 2 aromatic heterocycles. The van der Waals surface area contributed by atoms with E-state index < -0.39 is 0 Å². The summed E-state index contributed by atoms with van der Waals surface area (Å²) in [6, 6.07) is 2.00. The van der Waals surface area contributed by atoms with E-state index in [1.807, 2.05) is 6.07 Å². The lowest BCUT2D eigenvalue weighted by Crippen LogP contribution is -2.09. The number of nitrogens with two attached hydrogens (primary N) is 1. The molecule has 2 rings (SSSR count). The standard InChI is InChI=1S/C11H16N4/c1-11(2,3)5-9-4-10-13-6-8(12)7-15(10)14-9/h4,6-7H,5,12H2,1-3H3. The molecule has 2 aromatic rings. The molecule has 0 fully saturated rings. The van der Waals surface area contributed by atoms with E-state index in [4.69, 9.17) is 5.73 Å². The van der Waals surface area contributed by atoms with Gasteiger partial charge >= 0.3 is 0 Å². The van der Waals surface area contributed by atoms with Crippen LogP contribution in [-0.4, -0.2) is 14.6 Å². The van der Waals surface area contributed by atoms with Gasteiger partial charge in [0.1, 0.15) is 0 Å². The first-order valence-corrected chi connectivity index (χ1v) is 5.04. The van der Waals surface area contributed by atoms with Crippen molar-refractivity contribution in [2.45, 2.75) is 27.2 Å². The van der Waals surface area contributed by atoms with Gasteiger partial charge in [-0.05, 0) is 11.8 Å². The number of rotatable bonds is 1. The van der Waals surface area contributed by atoms with E-state index >= 15 is 0 Å². The van der Waals surface area contributed by atoms with Gasteiger partial charge in [-0.2, -0.15) is 5.10 Å². The maximum atomic E-state index is 5.64. The minimum Gasteiger partial charge on any atom is -0.396 e. The minimum absolute atomic E-state index is 0.240. The van der Waals surface area contributed by atoms with E-state index in [0.717, 1.165) is 17.8 Å². The van der Waals surface area contributed by atoms with Crippen LogP contribution in [-0.2, 0) is 6.42 Å². The van der Waals surface area contributed by atoms with Gasteiger partial charge < -0.3 is 5.73 Å². The molecule has 0 aliphatic carbocycles. The Hall–Kier alpha value is -1.58. The highest BCUT2D eigenvalue weighted by atomic mass is 15.2. The highest BCUT2D eigenvalue weighted by molar-refractivity contribution is 5.44. The van der Waals surface area contributed by atoms with Gasteiger partial charge in [0.25, 0.3) is 0 Å². The van der Waals surface area contributed by atoms with Crippen molar-refractivity contribution in [2.24, 2.45) is 5.41 Å². The van der Waals surface area contributed by atoms with E-state index in [1.165, 1.54) is 0 Å². The lowest BCUT2D eigenvalue weighted by atomic mass is 9.91. The number of nitrogen functional groups attached to an aromatic ring is 1. The molecule has 0 unspecified atom stereocenters. The van der Waals surface area contributed by atoms with Gasteiger partial charge in [0, 0.05) is 6.07 Å². The van der Waals surface area contributed by atoms with E-state index in [9.17, 15) is 0 Å². The summed E-state index contributed by atoms with van der Waals surface area (Å²) >= 11 is 0. The fourth-order valence-electron chi connectivity index (χ4n) is 1.57. The van der Waals surface area contributed by atoms with E-state index in [-0.39, 0.29) is 5.41 Å². The van der Waals surface area contributed by atoms with E-state index in [0.29, 0.717) is 5.69 Å². The Morgan fingerprint density at radius 3 is 2.80 bits per heavy atom. The zero-order chi connectivity index (χ0) is 11.1. The summed E-state index contributed by atoms with van der Waals surface area (Å²) in [4.78, 5) is 4.21. The van der Waals surface area contributed by atoms with Crippen LogP contribution in [0, 0.1) is 5.41 Å². The van der Waals surface area contributed by atoms with Crippen molar-refractivity contribution in [3.8, 4) is 0 Å². The monoisotopic (exact) mass is 204 g/mol. The third kappa shape index (κ3) is 2.26. The number of nitrogens with zero attached hydrogens (tertiary/aromatic N) is 3. The summed E-state index contributed by atoms with van der Waals surface area (Å²) in [6.07, 6.45) is 4.38. The molecule has 0 spiro atoms. The zero-order valence-corrected chi connectivity index (χ0v) is 9.36. The lowest BCUT2D eigenvalue weighted by molar-refractivity contribution is 0.405. The Morgan fingerprint density at radius 1 is 1.40 bits per heavy atom. The molecular formula is C11H16N4. The largest absolute Gasteiger partial charge is 0.396 e. The Kier molecular flexibility index (Phi) is 2.14. The van der Waals surface area contributed by atoms with Gasteiger partial charge in [0.2, 0.25) is 0 Å². The number of hydrogen-bond donors (Lipinski definition) is 1. The molecule has 2 heterocycles. The van der Waals surface area contributed by atoms with Crippen molar-refractivity contribution in [2.75, 3.05) is 5.73 Å². The van der Waals surface area contributed by atoms with Crippen molar-refractivity contribution in [1.82, 2.24) is 14.6 Å². The quantitative estimate of drug-likeness (QED) is 0.771. The first-order chi connectivity index (χ1) is 6.94. The molecule has 0 atom stereocenters. The van der Waals surface area contributed by atoms with Gasteiger partial charge in [0.05, 0.1) is 23.8 Å². The van der Waals surface area contributed by atoms with Crippen molar-refractivity contribution in [3.63, 3.8) is 0 Å². The van der Waals surface area contributed by atoms with E-state index in [2.05, 4.69) is 30.9 Å². The molecule has 2 N–H and O–H groups in total. The molecule has 0 aliphatic rings. The number of anilines is 1. The average molecular weight is 204 g/mol. The molecular weight excluding hydrogens is 188 g/mol. The van der Waals surface area contributed by atoms with Gasteiger partial charge in [0.15, 0.2) is 5.65 Å². The molecule has 15 heavy (non-hydrogen) atoms. The number of aromatic nitrogens is 3. The molecule has 0 amide bonds. The maximum Gasteiger partial charge on any atom is 0.155 e. The second kappa shape index (κ2) is 3.22. The predicted octanol–water partition coefficient (Wildman–Crippen LogP) is 1.90. The summed E-state index contributed by atoms with van der Waals surface area (Å²) in [5.41, 5.74) is 8.42. The molecule has 0 aliphatic heterocycles. The van der Waals surface area contributed by atoms with Gasteiger partial charge in [-0.15, -0.1) is 0 Å². The lowest BCUT2D eigenvalue weighted by Gasteiger charge is -2.15. The summed E-state index contributed by atoms with van der Waals surface area (Å²) in [7, 11) is 0. The summed E-state index contributed by atoms with van der Waals surface area (Å²) in [5, 5.41) is 4.43. The maximum absolute atomic E-state index is 5.64. The summed E-state index contributed by atoms with van der Waals surface area (Å²) in [5.74, 6) is 0. The van der Waals surface area contributed by atoms with Gasteiger partial charge in [-0.1, -0.05) is 20.8 Å². The Bertz CT molecular complexity index is 479. The second-order valence-electron chi connectivity index (χ2n) is 5.06. The Labute approximate surface area is 89.1 Å². The third-order valence-electron chi connectivity index (χ3n) is 2.10. The van der Waals surface area contributed by atoms with Crippen molar-refractivity contribution >= 4 is 11.3 Å². The van der Waals surface area contributed by atoms with Crippen LogP contribution in [0.1, 0.15) is 26.5 Å². The van der Waals surface area contributed by atoms with Crippen LogP contribution in [0.25, 0.3) is 5.65 Å². The number of hydrogen-bond acceptors (Lipinski definition) is 3. The van der Waals surface area contributed by atoms with Crippen LogP contribution in [0.4, 0.5) is 5.69 Å². The fraction of sp³-hybridized carbons (Fsp3) is 0.455. The smallest absolute Gasteiger partial charge is 0.155 e. The first kappa shape index (κ1) is 9.96. The molecule has 80 valence electrons. The van der Waals surface area contributed by atoms with Crippen LogP contribution in [0.15, 0.2) is 18.5 Å². The SMILES string of the molecule is CC(C)(C)Cc1cc2ncc(N)cn2n1. The highest BCUT2D eigenvalue weighted by Crippen LogP contribution is 2.20. The minimum atomic E-state index is 0.240. The second-order valence-corrected chi connectivity index (χ2v) is 5.06. The fourth-order valence-corrected chi connectivity index (χ4v) is 1.57. The molecule has 0 aromatic carbocycles. The van der Waals surface area contributed by atoms with Crippen LogP contribution in [0.3, 0.4) is 0 Å². The zero-order valence-electron chi connectivity index (χ0n) is 9.36. The van der Waals surface area contributed by atoms with Crippen LogP contribution >= 0.6 is 0 Å². The van der Waals surface area contributed by atoms with E-state index in [1.54, 1.807) is 16.9 Å². The first-order valence-electron chi connectivity index (χ1n) is 5.04. The van der Waals surface area contributed by atoms with Crippen molar-refractivity contribution in [1.29, 1.82) is 0 Å². The number of fused-ring (bicyclic) bond motifs is 1. The van der Waals surface area contributed by atoms with Gasteiger partial charge in [-0.25, -0.2) is 9.50 Å². The molecule has 0 saturated carbocycles. The van der Waals surface area contributed by atoms with Crippen LogP contribution in [0.2, 0.25) is 0 Å². The topological polar surface area (TPSA) is 56.2 Å². The normalized spacial score (nSPS) is 12.2. The molecule has 4 heteroatoms. The van der Waals surface area contributed by atoms with Gasteiger partial charge in [-0.3, -0.25) is 0 Å². The predicted molar refractivity (Wildman–Crippen MR) is 60.6 cm³/mol. The van der Waals surface area contributed by atoms with Crippen LogP contribution < -0.4 is 5.73 Å². The molecule has 0 radical (unpaired) electrons. The molecule has 0 bridgehead atoms. The van der Waals surface area contributed by atoms with Crippen LogP contribution in [0.5, 0.6) is 0 Å². The summed E-state index contributed by atoms with van der Waals surface area (Å²) < 4.78 is 1.73. The summed E-state index contributed by atoms with van der Waals surface area (Å²) in [6.45, 7) is 6.58. The Morgan fingerprint density at radius 2 is 2.13 bits per heavy atom. The average Bonchev–Trinajstić information content (AvgIpc) is 2.42.